The Morgan fingerprint density at radius 1 is 1.20 bits per heavy atom. The van der Waals surface area contributed by atoms with Crippen LogP contribution in [0.3, 0.4) is 0 Å². The summed E-state index contributed by atoms with van der Waals surface area (Å²) >= 11 is 0. The van der Waals surface area contributed by atoms with E-state index < -0.39 is 21.9 Å². The van der Waals surface area contributed by atoms with E-state index in [4.69, 9.17) is 10.7 Å². The minimum Gasteiger partial charge on any atom is -0.390 e. The monoisotopic (exact) mass is 583 g/mol. The van der Waals surface area contributed by atoms with E-state index >= 15 is 0 Å². The van der Waals surface area contributed by atoms with Crippen molar-refractivity contribution in [3.8, 4) is 11.3 Å². The average Bonchev–Trinajstić information content (AvgIpc) is 3.61. The first-order valence-corrected chi connectivity index (χ1v) is 16.0. The van der Waals surface area contributed by atoms with E-state index in [0.717, 1.165) is 24.7 Å². The molecule has 0 spiro atoms. The summed E-state index contributed by atoms with van der Waals surface area (Å²) < 4.78 is 28.6. The van der Waals surface area contributed by atoms with Crippen molar-refractivity contribution in [3.63, 3.8) is 0 Å². The number of carbonyl (C=O) groups excluding carboxylic acids is 1. The fraction of sp³-hybridized carbons (Fsp3) is 0.536. The molecule has 3 heterocycles. The second-order valence-corrected chi connectivity index (χ2v) is 13.9. The van der Waals surface area contributed by atoms with Gasteiger partial charge in [0.25, 0.3) is 5.91 Å². The lowest BCUT2D eigenvalue weighted by Gasteiger charge is -2.34. The van der Waals surface area contributed by atoms with Gasteiger partial charge >= 0.3 is 0 Å². The number of aliphatic hydroxyl groups is 2. The minimum absolute atomic E-state index is 0.00241. The number of rotatable bonds is 8. The number of aliphatic hydroxyl groups excluding tert-OH is 1. The van der Waals surface area contributed by atoms with E-state index in [2.05, 4.69) is 15.1 Å². The SMILES string of the molecule is C[C@@H](C1CC1)N1Cc2cc(-c3ccn4nc(N)c(C(O)N[C@H]5CC[C@@](C)(O)CC5)c4n3)cc(NS(C)(=O)=O)c2C1=O. The second kappa shape index (κ2) is 9.93. The van der Waals surface area contributed by atoms with E-state index in [1.807, 2.05) is 24.8 Å². The highest BCUT2D eigenvalue weighted by atomic mass is 32.2. The number of sulfonamides is 1. The van der Waals surface area contributed by atoms with Gasteiger partial charge in [-0.1, -0.05) is 0 Å². The number of nitrogens with zero attached hydrogens (tertiary/aromatic N) is 4. The third-order valence-electron chi connectivity index (χ3n) is 8.70. The molecule has 6 N–H and O–H groups in total. The number of hydrogen-bond acceptors (Lipinski definition) is 9. The van der Waals surface area contributed by atoms with Crippen LogP contribution in [0.25, 0.3) is 16.9 Å². The Labute approximate surface area is 239 Å². The molecule has 1 aromatic carbocycles. The lowest BCUT2D eigenvalue weighted by atomic mass is 9.83. The summed E-state index contributed by atoms with van der Waals surface area (Å²) in [6.07, 6.45) is 6.48. The molecule has 3 aromatic rings. The van der Waals surface area contributed by atoms with Gasteiger partial charge in [-0.15, -0.1) is 5.10 Å². The number of nitrogen functional groups attached to an aromatic ring is 1. The van der Waals surface area contributed by atoms with E-state index in [0.29, 0.717) is 66.2 Å². The van der Waals surface area contributed by atoms with Crippen LogP contribution in [-0.4, -0.2) is 68.0 Å². The molecule has 2 atom stereocenters. The molecule has 41 heavy (non-hydrogen) atoms. The van der Waals surface area contributed by atoms with Crippen LogP contribution in [0.5, 0.6) is 0 Å². The van der Waals surface area contributed by atoms with Gasteiger partial charge < -0.3 is 20.8 Å². The van der Waals surface area contributed by atoms with Gasteiger partial charge in [-0.05, 0) is 82.1 Å². The molecule has 6 rings (SSSR count). The molecule has 13 heteroatoms. The standard InChI is InChI=1S/C28H37N7O5S/c1-15(16-4-5-16)34-14-18-12-17(13-21(22(18)27(34)37)33-41(3,39)40)20-8-11-35-25(31-20)23(24(29)32-35)26(36)30-19-6-9-28(2,38)10-7-19/h8,11-13,15-16,19,26,30,33,36,38H,4-7,9-10,14H2,1-3H3,(H2,29,32)/t15-,19-,26?,28+/m0/s1. The van der Waals surface area contributed by atoms with Crippen molar-refractivity contribution in [1.29, 1.82) is 0 Å². The van der Waals surface area contributed by atoms with Crippen molar-refractivity contribution in [2.75, 3.05) is 16.7 Å². The zero-order chi connectivity index (χ0) is 29.3. The Kier molecular flexibility index (Phi) is 6.76. The number of fused-ring (bicyclic) bond motifs is 2. The molecule has 1 amide bonds. The highest BCUT2D eigenvalue weighted by Gasteiger charge is 2.40. The Morgan fingerprint density at radius 3 is 2.56 bits per heavy atom. The van der Waals surface area contributed by atoms with Crippen LogP contribution in [0.1, 0.15) is 80.1 Å². The van der Waals surface area contributed by atoms with Crippen LogP contribution in [0.15, 0.2) is 24.4 Å². The number of nitrogens with one attached hydrogen (secondary N) is 2. The van der Waals surface area contributed by atoms with Crippen molar-refractivity contribution in [2.45, 2.75) is 82.8 Å². The van der Waals surface area contributed by atoms with E-state index in [1.165, 1.54) is 4.52 Å². The third-order valence-corrected chi connectivity index (χ3v) is 9.29. The molecule has 0 radical (unpaired) electrons. The molecular weight excluding hydrogens is 546 g/mol. The van der Waals surface area contributed by atoms with Crippen molar-refractivity contribution >= 4 is 33.1 Å². The predicted molar refractivity (Wildman–Crippen MR) is 154 cm³/mol. The van der Waals surface area contributed by atoms with Gasteiger partial charge in [0.05, 0.1) is 34.4 Å². The first-order valence-electron chi connectivity index (χ1n) is 14.1. The summed E-state index contributed by atoms with van der Waals surface area (Å²) in [4.78, 5) is 20.0. The van der Waals surface area contributed by atoms with Crippen LogP contribution < -0.4 is 15.8 Å². The smallest absolute Gasteiger partial charge is 0.256 e. The first kappa shape index (κ1) is 27.9. The van der Waals surface area contributed by atoms with Gasteiger partial charge in [0.15, 0.2) is 11.5 Å². The summed E-state index contributed by atoms with van der Waals surface area (Å²) in [5, 5.41) is 28.9. The van der Waals surface area contributed by atoms with Crippen molar-refractivity contribution < 1.29 is 23.4 Å². The molecular formula is C28H37N7O5S. The second-order valence-electron chi connectivity index (χ2n) is 12.2. The van der Waals surface area contributed by atoms with Gasteiger partial charge in [-0.3, -0.25) is 14.8 Å². The number of aromatic nitrogens is 3. The number of benzene rings is 1. The summed E-state index contributed by atoms with van der Waals surface area (Å²) in [6.45, 7) is 4.26. The van der Waals surface area contributed by atoms with Gasteiger partial charge in [0.1, 0.15) is 6.23 Å². The highest BCUT2D eigenvalue weighted by Crippen LogP contribution is 2.41. The van der Waals surface area contributed by atoms with Gasteiger partial charge in [-0.25, -0.2) is 17.9 Å². The summed E-state index contributed by atoms with van der Waals surface area (Å²) in [5.74, 6) is 0.432. The van der Waals surface area contributed by atoms with E-state index in [1.54, 1.807) is 18.3 Å². The lowest BCUT2D eigenvalue weighted by Crippen LogP contribution is -2.41. The number of nitrogens with two attached hydrogens (primary N) is 1. The lowest BCUT2D eigenvalue weighted by molar-refractivity contribution is 0.00515. The molecule has 2 saturated carbocycles. The Hall–Kier alpha value is -3.26. The molecule has 3 aliphatic rings. The fourth-order valence-electron chi connectivity index (χ4n) is 6.17. The maximum absolute atomic E-state index is 13.4. The molecule has 2 aliphatic carbocycles. The Bertz CT molecular complexity index is 1620. The topological polar surface area (TPSA) is 175 Å². The largest absolute Gasteiger partial charge is 0.390 e. The fourth-order valence-corrected chi connectivity index (χ4v) is 6.73. The first-order chi connectivity index (χ1) is 19.3. The van der Waals surface area contributed by atoms with Crippen LogP contribution in [0, 0.1) is 5.92 Å². The van der Waals surface area contributed by atoms with Crippen LogP contribution in [0.4, 0.5) is 11.5 Å². The molecule has 220 valence electrons. The quantitative estimate of drug-likeness (QED) is 0.249. The molecule has 12 nitrogen and oxygen atoms in total. The van der Waals surface area contributed by atoms with Gasteiger partial charge in [-0.2, -0.15) is 0 Å². The van der Waals surface area contributed by atoms with Crippen LogP contribution in [-0.2, 0) is 16.6 Å². The number of amides is 1. The summed E-state index contributed by atoms with van der Waals surface area (Å²) in [5.41, 5.74) is 8.69. The zero-order valence-electron chi connectivity index (χ0n) is 23.5. The average molecular weight is 584 g/mol. The van der Waals surface area contributed by atoms with Crippen LogP contribution in [0.2, 0.25) is 0 Å². The van der Waals surface area contributed by atoms with Crippen molar-refractivity contribution in [1.82, 2.24) is 24.8 Å². The normalized spacial score (nSPS) is 24.5. The third kappa shape index (κ3) is 5.51. The molecule has 0 bridgehead atoms. The number of hydrogen-bond donors (Lipinski definition) is 5. The predicted octanol–water partition coefficient (Wildman–Crippen LogP) is 2.38. The van der Waals surface area contributed by atoms with Crippen molar-refractivity contribution in [2.24, 2.45) is 5.92 Å². The van der Waals surface area contributed by atoms with Crippen LogP contribution >= 0.6 is 0 Å². The van der Waals surface area contributed by atoms with E-state index in [-0.39, 0.29) is 29.5 Å². The Morgan fingerprint density at radius 2 is 1.90 bits per heavy atom. The summed E-state index contributed by atoms with van der Waals surface area (Å²) in [6, 6.07) is 5.31. The number of carbonyl (C=O) groups is 1. The highest BCUT2D eigenvalue weighted by molar-refractivity contribution is 7.92. The minimum atomic E-state index is -3.66. The Balaban J connectivity index is 1.35. The summed E-state index contributed by atoms with van der Waals surface area (Å²) in [7, 11) is -3.66. The number of anilines is 2. The molecule has 1 unspecified atom stereocenters. The molecule has 1 aliphatic heterocycles. The van der Waals surface area contributed by atoms with E-state index in [9.17, 15) is 23.4 Å². The maximum Gasteiger partial charge on any atom is 0.256 e. The zero-order valence-corrected chi connectivity index (χ0v) is 24.3. The van der Waals surface area contributed by atoms with Gasteiger partial charge in [0.2, 0.25) is 10.0 Å². The maximum atomic E-state index is 13.4. The van der Waals surface area contributed by atoms with Gasteiger partial charge in [0, 0.05) is 30.4 Å². The van der Waals surface area contributed by atoms with Crippen molar-refractivity contribution in [3.05, 3.63) is 41.1 Å². The molecule has 2 aromatic heterocycles. The molecule has 2 fully saturated rings. The molecule has 0 saturated heterocycles.